The van der Waals surface area contributed by atoms with Crippen molar-refractivity contribution in [2.45, 2.75) is 109 Å². The zero-order valence-electron chi connectivity index (χ0n) is 17.0. The van der Waals surface area contributed by atoms with Gasteiger partial charge in [0.25, 0.3) is 0 Å². The van der Waals surface area contributed by atoms with E-state index in [1.165, 1.54) is 51.4 Å². The SMILES string of the molecule is CCCCCCCCCCCCCCC(C(=O)O)C(=O)CCC(N)C(=O)O. The minimum Gasteiger partial charge on any atom is -0.481 e. The fraction of sp³-hybridized carbons (Fsp3) is 0.857. The molecule has 0 saturated heterocycles. The van der Waals surface area contributed by atoms with E-state index in [9.17, 15) is 19.5 Å². The van der Waals surface area contributed by atoms with Gasteiger partial charge in [-0.3, -0.25) is 14.4 Å². The molecule has 0 aliphatic heterocycles. The maximum atomic E-state index is 12.0. The van der Waals surface area contributed by atoms with Gasteiger partial charge in [-0.2, -0.15) is 0 Å². The van der Waals surface area contributed by atoms with Crippen molar-refractivity contribution in [3.8, 4) is 0 Å². The van der Waals surface area contributed by atoms with Crippen molar-refractivity contribution in [2.24, 2.45) is 11.7 Å². The Balaban J connectivity index is 3.74. The average Bonchev–Trinajstić information content (AvgIpc) is 2.62. The summed E-state index contributed by atoms with van der Waals surface area (Å²) in [6.07, 6.45) is 14.5. The Bertz CT molecular complexity index is 425. The summed E-state index contributed by atoms with van der Waals surface area (Å²) < 4.78 is 0. The summed E-state index contributed by atoms with van der Waals surface area (Å²) in [7, 11) is 0. The van der Waals surface area contributed by atoms with Crippen LogP contribution in [0.5, 0.6) is 0 Å². The first kappa shape index (κ1) is 25.6. The summed E-state index contributed by atoms with van der Waals surface area (Å²) in [6, 6.07) is -1.12. The third-order valence-electron chi connectivity index (χ3n) is 5.05. The molecule has 158 valence electrons. The van der Waals surface area contributed by atoms with Crippen molar-refractivity contribution in [2.75, 3.05) is 0 Å². The van der Waals surface area contributed by atoms with Gasteiger partial charge in [-0.25, -0.2) is 0 Å². The van der Waals surface area contributed by atoms with Crippen molar-refractivity contribution in [3.63, 3.8) is 0 Å². The molecule has 0 fully saturated rings. The molecule has 0 saturated carbocycles. The molecule has 2 atom stereocenters. The highest BCUT2D eigenvalue weighted by molar-refractivity contribution is 5.98. The molecule has 2 unspecified atom stereocenters. The second-order valence-electron chi connectivity index (χ2n) is 7.52. The molecule has 0 aromatic heterocycles. The first-order valence-corrected chi connectivity index (χ1v) is 10.6. The standard InChI is InChI=1S/C21H39NO5/c1-2-3-4-5-6-7-8-9-10-11-12-13-14-17(20(24)25)19(23)16-15-18(22)21(26)27/h17-18H,2-16,22H2,1H3,(H,24,25)(H,26,27). The maximum Gasteiger partial charge on any atom is 0.320 e. The molecule has 6 heteroatoms. The summed E-state index contributed by atoms with van der Waals surface area (Å²) in [5.41, 5.74) is 5.36. The van der Waals surface area contributed by atoms with Crippen LogP contribution in [0.15, 0.2) is 0 Å². The van der Waals surface area contributed by atoms with Crippen molar-refractivity contribution in [1.82, 2.24) is 0 Å². The molecule has 0 heterocycles. The molecule has 27 heavy (non-hydrogen) atoms. The van der Waals surface area contributed by atoms with Crippen LogP contribution in [0.25, 0.3) is 0 Å². The molecule has 0 aromatic rings. The van der Waals surface area contributed by atoms with Gasteiger partial charge in [-0.05, 0) is 12.8 Å². The lowest BCUT2D eigenvalue weighted by molar-refractivity contribution is -0.146. The van der Waals surface area contributed by atoms with Crippen molar-refractivity contribution in [1.29, 1.82) is 0 Å². The highest BCUT2D eigenvalue weighted by atomic mass is 16.4. The summed E-state index contributed by atoms with van der Waals surface area (Å²) in [4.78, 5) is 34.0. The van der Waals surface area contributed by atoms with Crippen molar-refractivity contribution >= 4 is 17.7 Å². The third-order valence-corrected chi connectivity index (χ3v) is 5.05. The molecule has 0 spiro atoms. The number of carbonyl (C=O) groups is 3. The number of nitrogens with two attached hydrogens (primary N) is 1. The van der Waals surface area contributed by atoms with E-state index in [-0.39, 0.29) is 12.8 Å². The summed E-state index contributed by atoms with van der Waals surface area (Å²) in [5.74, 6) is -3.74. The molecule has 0 rings (SSSR count). The van der Waals surface area contributed by atoms with Gasteiger partial charge >= 0.3 is 11.9 Å². The number of aliphatic carboxylic acids is 2. The highest BCUT2D eigenvalue weighted by Gasteiger charge is 2.26. The number of rotatable bonds is 19. The fourth-order valence-corrected chi connectivity index (χ4v) is 3.21. The fourth-order valence-electron chi connectivity index (χ4n) is 3.21. The minimum atomic E-state index is -1.17. The lowest BCUT2D eigenvalue weighted by Gasteiger charge is -2.12. The molecule has 0 amide bonds. The number of carboxylic acid groups (broad SMARTS) is 2. The largest absolute Gasteiger partial charge is 0.481 e. The van der Waals surface area contributed by atoms with Gasteiger partial charge in [0.15, 0.2) is 0 Å². The van der Waals surface area contributed by atoms with E-state index < -0.39 is 29.7 Å². The van der Waals surface area contributed by atoms with Crippen LogP contribution >= 0.6 is 0 Å². The molecule has 6 nitrogen and oxygen atoms in total. The lowest BCUT2D eigenvalue weighted by atomic mass is 9.92. The Morgan fingerprint density at radius 1 is 0.704 bits per heavy atom. The van der Waals surface area contributed by atoms with E-state index in [4.69, 9.17) is 10.8 Å². The van der Waals surface area contributed by atoms with Gasteiger partial charge in [-0.15, -0.1) is 0 Å². The summed E-state index contributed by atoms with van der Waals surface area (Å²) in [5, 5.41) is 17.9. The van der Waals surface area contributed by atoms with Crippen LogP contribution in [0.4, 0.5) is 0 Å². The smallest absolute Gasteiger partial charge is 0.320 e. The van der Waals surface area contributed by atoms with Gasteiger partial charge in [0.2, 0.25) is 0 Å². The Hall–Kier alpha value is -1.43. The number of carbonyl (C=O) groups excluding carboxylic acids is 1. The molecule has 0 aliphatic carbocycles. The number of ketones is 1. The van der Waals surface area contributed by atoms with Crippen LogP contribution in [0.3, 0.4) is 0 Å². The molecular weight excluding hydrogens is 346 g/mol. The summed E-state index contributed by atoms with van der Waals surface area (Å²) in [6.45, 7) is 2.23. The van der Waals surface area contributed by atoms with E-state index in [2.05, 4.69) is 6.92 Å². The quantitative estimate of drug-likeness (QED) is 0.222. The van der Waals surface area contributed by atoms with Crippen LogP contribution in [-0.4, -0.2) is 34.0 Å². The number of carboxylic acids is 2. The first-order valence-electron chi connectivity index (χ1n) is 10.6. The van der Waals surface area contributed by atoms with Crippen molar-refractivity contribution in [3.05, 3.63) is 0 Å². The lowest BCUT2D eigenvalue weighted by Crippen LogP contribution is -2.32. The van der Waals surface area contributed by atoms with E-state index in [0.29, 0.717) is 12.8 Å². The van der Waals surface area contributed by atoms with E-state index in [1.54, 1.807) is 0 Å². The highest BCUT2D eigenvalue weighted by Crippen LogP contribution is 2.17. The van der Waals surface area contributed by atoms with Crippen LogP contribution in [0, 0.1) is 5.92 Å². The number of hydrogen-bond donors (Lipinski definition) is 3. The normalized spacial score (nSPS) is 13.3. The van der Waals surface area contributed by atoms with Gasteiger partial charge in [-0.1, -0.05) is 84.0 Å². The zero-order valence-corrected chi connectivity index (χ0v) is 17.0. The second kappa shape index (κ2) is 16.7. The topological polar surface area (TPSA) is 118 Å². The monoisotopic (exact) mass is 385 g/mol. The molecule has 0 aliphatic rings. The van der Waals surface area contributed by atoms with Crippen LogP contribution in [0.2, 0.25) is 0 Å². The van der Waals surface area contributed by atoms with Gasteiger partial charge < -0.3 is 15.9 Å². The number of Topliss-reactive ketones (excluding diaryl/α,β-unsaturated/α-hetero) is 1. The maximum absolute atomic E-state index is 12.0. The Morgan fingerprint density at radius 3 is 1.56 bits per heavy atom. The predicted molar refractivity (Wildman–Crippen MR) is 107 cm³/mol. The number of hydrogen-bond acceptors (Lipinski definition) is 4. The molecule has 0 radical (unpaired) electrons. The summed E-state index contributed by atoms with van der Waals surface area (Å²) >= 11 is 0. The van der Waals surface area contributed by atoms with Crippen LogP contribution in [-0.2, 0) is 14.4 Å². The van der Waals surface area contributed by atoms with E-state index in [0.717, 1.165) is 19.3 Å². The molecular formula is C21H39NO5. The first-order chi connectivity index (χ1) is 12.9. The Kier molecular flexibility index (Phi) is 15.8. The predicted octanol–water partition coefficient (Wildman–Crippen LogP) is 4.54. The Morgan fingerprint density at radius 2 is 1.15 bits per heavy atom. The minimum absolute atomic E-state index is 0.0175. The molecule has 0 aromatic carbocycles. The average molecular weight is 386 g/mol. The van der Waals surface area contributed by atoms with Gasteiger partial charge in [0, 0.05) is 6.42 Å². The van der Waals surface area contributed by atoms with Crippen LogP contribution < -0.4 is 5.73 Å². The molecule has 0 bridgehead atoms. The Labute approximate surface area is 163 Å². The van der Waals surface area contributed by atoms with Gasteiger partial charge in [0.05, 0.1) is 0 Å². The van der Waals surface area contributed by atoms with E-state index in [1.807, 2.05) is 0 Å². The van der Waals surface area contributed by atoms with Gasteiger partial charge in [0.1, 0.15) is 17.7 Å². The third kappa shape index (κ3) is 14.3. The van der Waals surface area contributed by atoms with E-state index >= 15 is 0 Å². The second-order valence-corrected chi connectivity index (χ2v) is 7.52. The van der Waals surface area contributed by atoms with Crippen molar-refractivity contribution < 1.29 is 24.6 Å². The zero-order chi connectivity index (χ0) is 20.5. The van der Waals surface area contributed by atoms with Crippen LogP contribution in [0.1, 0.15) is 103 Å². The number of unbranched alkanes of at least 4 members (excludes halogenated alkanes) is 11. The molecule has 4 N–H and O–H groups in total.